The molecule has 1 saturated heterocycles. The molecule has 3 aliphatic rings. The molecule has 5 rings (SSSR count). The number of esters is 1. The number of hydrogen-bond acceptors (Lipinski definition) is 5. The molecule has 0 N–H and O–H groups in total. The molecule has 1 saturated carbocycles. The Morgan fingerprint density at radius 3 is 2.23 bits per heavy atom. The van der Waals surface area contributed by atoms with Crippen LogP contribution in [0.2, 0.25) is 0 Å². The summed E-state index contributed by atoms with van der Waals surface area (Å²) in [5.41, 5.74) is 0.977. The third-order valence-corrected chi connectivity index (χ3v) is 6.84. The smallest absolute Gasteiger partial charge is 0.338 e. The van der Waals surface area contributed by atoms with Gasteiger partial charge in [0.15, 0.2) is 12.4 Å². The van der Waals surface area contributed by atoms with Crippen LogP contribution in [0.5, 0.6) is 0 Å². The van der Waals surface area contributed by atoms with Crippen LogP contribution in [0.25, 0.3) is 0 Å². The lowest BCUT2D eigenvalue weighted by molar-refractivity contribution is -0.123. The standard InChI is InChI=1S/C24H18BrNO5/c25-17-8-6-13(7-9-17)19(27)12-31-24(30)16-2-1-3-18(11-16)26-22(28)20-14-4-5-15(10-14)21(20)23(26)29/h1-9,11,14-15,20-21H,10,12H2/t14-,15+,20-,21-/m0/s1. The molecule has 1 aliphatic heterocycles. The highest BCUT2D eigenvalue weighted by Gasteiger charge is 2.59. The third-order valence-electron chi connectivity index (χ3n) is 6.31. The maximum absolute atomic E-state index is 13.0. The third kappa shape index (κ3) is 3.33. The van der Waals surface area contributed by atoms with Gasteiger partial charge in [0.25, 0.3) is 0 Å². The Bertz CT molecular complexity index is 1110. The van der Waals surface area contributed by atoms with Gasteiger partial charge >= 0.3 is 5.97 Å². The quantitative estimate of drug-likeness (QED) is 0.282. The van der Waals surface area contributed by atoms with Crippen molar-refractivity contribution in [3.8, 4) is 0 Å². The van der Waals surface area contributed by atoms with Crippen molar-refractivity contribution in [2.45, 2.75) is 6.42 Å². The predicted octanol–water partition coefficient (Wildman–Crippen LogP) is 3.80. The topological polar surface area (TPSA) is 80.8 Å². The number of nitrogens with zero attached hydrogens (tertiary/aromatic N) is 1. The van der Waals surface area contributed by atoms with E-state index in [-0.39, 0.29) is 46.8 Å². The Kier molecular flexibility index (Phi) is 4.85. The number of rotatable bonds is 5. The first-order chi connectivity index (χ1) is 14.9. The van der Waals surface area contributed by atoms with Crippen molar-refractivity contribution in [1.29, 1.82) is 0 Å². The second-order valence-electron chi connectivity index (χ2n) is 8.07. The van der Waals surface area contributed by atoms with Crippen LogP contribution in [0.4, 0.5) is 5.69 Å². The zero-order valence-corrected chi connectivity index (χ0v) is 17.9. The summed E-state index contributed by atoms with van der Waals surface area (Å²) in [7, 11) is 0. The highest BCUT2D eigenvalue weighted by Crippen LogP contribution is 2.53. The molecule has 2 aromatic rings. The summed E-state index contributed by atoms with van der Waals surface area (Å²) in [6.45, 7) is -0.397. The van der Waals surface area contributed by atoms with Crippen LogP contribution in [-0.2, 0) is 14.3 Å². The monoisotopic (exact) mass is 479 g/mol. The van der Waals surface area contributed by atoms with Gasteiger partial charge in [0.05, 0.1) is 23.1 Å². The van der Waals surface area contributed by atoms with E-state index in [1.165, 1.54) is 17.0 Å². The molecular formula is C24H18BrNO5. The molecule has 31 heavy (non-hydrogen) atoms. The van der Waals surface area contributed by atoms with Crippen LogP contribution < -0.4 is 4.90 Å². The molecule has 7 heteroatoms. The fourth-order valence-electron chi connectivity index (χ4n) is 4.86. The van der Waals surface area contributed by atoms with Gasteiger partial charge < -0.3 is 4.74 Å². The maximum Gasteiger partial charge on any atom is 0.338 e. The van der Waals surface area contributed by atoms with Crippen LogP contribution in [-0.4, -0.2) is 30.2 Å². The van der Waals surface area contributed by atoms with Gasteiger partial charge in [-0.1, -0.05) is 46.3 Å². The van der Waals surface area contributed by atoms with E-state index in [1.54, 1.807) is 36.4 Å². The number of allylic oxidation sites excluding steroid dienone is 2. The summed E-state index contributed by atoms with van der Waals surface area (Å²) in [6.07, 6.45) is 4.94. The summed E-state index contributed by atoms with van der Waals surface area (Å²) in [6, 6.07) is 13.0. The zero-order chi connectivity index (χ0) is 21.7. The van der Waals surface area contributed by atoms with Crippen LogP contribution in [0.3, 0.4) is 0 Å². The molecule has 0 unspecified atom stereocenters. The second-order valence-corrected chi connectivity index (χ2v) is 8.98. The number of amides is 2. The van der Waals surface area contributed by atoms with E-state index < -0.39 is 12.6 Å². The number of anilines is 1. The maximum atomic E-state index is 13.0. The number of hydrogen-bond donors (Lipinski definition) is 0. The first-order valence-corrected chi connectivity index (χ1v) is 10.9. The van der Waals surface area contributed by atoms with Gasteiger partial charge in [0.2, 0.25) is 11.8 Å². The van der Waals surface area contributed by atoms with Gasteiger partial charge in [-0.05, 0) is 48.6 Å². The molecule has 0 radical (unpaired) electrons. The normalized spacial score (nSPS) is 25.8. The van der Waals surface area contributed by atoms with E-state index in [9.17, 15) is 19.2 Å². The van der Waals surface area contributed by atoms with E-state index in [4.69, 9.17) is 4.74 Å². The lowest BCUT2D eigenvalue weighted by Gasteiger charge is -2.18. The van der Waals surface area contributed by atoms with Crippen LogP contribution in [0.1, 0.15) is 27.1 Å². The summed E-state index contributed by atoms with van der Waals surface area (Å²) >= 11 is 3.30. The Morgan fingerprint density at radius 1 is 0.935 bits per heavy atom. The van der Waals surface area contributed by atoms with E-state index in [0.29, 0.717) is 11.3 Å². The molecule has 2 aromatic carbocycles. The summed E-state index contributed by atoms with van der Waals surface area (Å²) < 4.78 is 6.01. The minimum absolute atomic E-state index is 0.120. The van der Waals surface area contributed by atoms with Crippen molar-refractivity contribution in [2.75, 3.05) is 11.5 Å². The van der Waals surface area contributed by atoms with Crippen molar-refractivity contribution in [1.82, 2.24) is 0 Å². The van der Waals surface area contributed by atoms with Crippen LogP contribution >= 0.6 is 15.9 Å². The number of fused-ring (bicyclic) bond motifs is 5. The fraction of sp³-hybridized carbons (Fsp3) is 0.250. The number of carbonyl (C=O) groups excluding carboxylic acids is 4. The number of benzene rings is 2. The average molecular weight is 480 g/mol. The highest BCUT2D eigenvalue weighted by molar-refractivity contribution is 9.10. The molecule has 6 nitrogen and oxygen atoms in total. The van der Waals surface area contributed by atoms with Crippen LogP contribution in [0, 0.1) is 23.7 Å². The Labute approximate surface area is 187 Å². The second kappa shape index (κ2) is 7.57. The van der Waals surface area contributed by atoms with Gasteiger partial charge in [-0.15, -0.1) is 0 Å². The molecule has 156 valence electrons. The van der Waals surface area contributed by atoms with E-state index in [1.807, 2.05) is 12.2 Å². The van der Waals surface area contributed by atoms with Gasteiger partial charge in [0, 0.05) is 10.0 Å². The summed E-state index contributed by atoms with van der Waals surface area (Å²) in [5.74, 6) is -1.79. The minimum atomic E-state index is -0.687. The molecule has 2 aliphatic carbocycles. The predicted molar refractivity (Wildman–Crippen MR) is 115 cm³/mol. The van der Waals surface area contributed by atoms with Gasteiger partial charge in [-0.25, -0.2) is 9.69 Å². The molecule has 1 heterocycles. The molecule has 4 atom stereocenters. The van der Waals surface area contributed by atoms with E-state index in [2.05, 4.69) is 15.9 Å². The number of Topliss-reactive ketones (excluding diaryl/α,β-unsaturated/α-hetero) is 1. The number of imide groups is 1. The zero-order valence-electron chi connectivity index (χ0n) is 16.4. The van der Waals surface area contributed by atoms with Crippen LogP contribution in [0.15, 0.2) is 65.2 Å². The molecule has 2 fully saturated rings. The van der Waals surface area contributed by atoms with Gasteiger partial charge in [-0.2, -0.15) is 0 Å². The number of halogens is 1. The summed E-state index contributed by atoms with van der Waals surface area (Å²) in [5, 5.41) is 0. The average Bonchev–Trinajstić information content (AvgIpc) is 3.46. The first-order valence-electron chi connectivity index (χ1n) is 10.1. The SMILES string of the molecule is O=C(COC(=O)c1cccc(N2C(=O)[C@@H]3[C@@H](C2=O)[C@H]2C=C[C@@H]3C2)c1)c1ccc(Br)cc1. The van der Waals surface area contributed by atoms with Gasteiger partial charge in [-0.3, -0.25) is 14.4 Å². The molecule has 2 amide bonds. The lowest BCUT2D eigenvalue weighted by Crippen LogP contribution is -2.33. The molecular weight excluding hydrogens is 462 g/mol. The Balaban J connectivity index is 1.30. The van der Waals surface area contributed by atoms with E-state index in [0.717, 1.165) is 10.9 Å². The fourth-order valence-corrected chi connectivity index (χ4v) is 5.13. The largest absolute Gasteiger partial charge is 0.454 e. The number of ether oxygens (including phenoxy) is 1. The van der Waals surface area contributed by atoms with Crippen molar-refractivity contribution >= 4 is 45.2 Å². The summed E-state index contributed by atoms with van der Waals surface area (Å²) in [4.78, 5) is 51.9. The molecule has 0 spiro atoms. The van der Waals surface area contributed by atoms with Crippen molar-refractivity contribution in [2.24, 2.45) is 23.7 Å². The number of carbonyl (C=O) groups is 4. The lowest BCUT2D eigenvalue weighted by atomic mass is 9.85. The number of ketones is 1. The Morgan fingerprint density at radius 2 is 1.58 bits per heavy atom. The van der Waals surface area contributed by atoms with Crippen molar-refractivity contribution in [3.63, 3.8) is 0 Å². The van der Waals surface area contributed by atoms with Gasteiger partial charge in [0.1, 0.15) is 0 Å². The highest BCUT2D eigenvalue weighted by atomic mass is 79.9. The molecule has 2 bridgehead atoms. The molecule has 0 aromatic heterocycles. The Hall–Kier alpha value is -3.06. The van der Waals surface area contributed by atoms with E-state index >= 15 is 0 Å². The minimum Gasteiger partial charge on any atom is -0.454 e. The van der Waals surface area contributed by atoms with Crippen molar-refractivity contribution < 1.29 is 23.9 Å². The first kappa shape index (κ1) is 19.9. The van der Waals surface area contributed by atoms with Crippen molar-refractivity contribution in [3.05, 3.63) is 76.3 Å².